The number of nitrogens with zero attached hydrogens (tertiary/aromatic N) is 1. The number of aryl methyl sites for hydroxylation is 1. The van der Waals surface area contributed by atoms with Gasteiger partial charge in [-0.1, -0.05) is 33.2 Å². The molecule has 0 amide bonds. The number of benzene rings is 1. The van der Waals surface area contributed by atoms with E-state index >= 15 is 0 Å². The van der Waals surface area contributed by atoms with E-state index in [1.54, 1.807) is 0 Å². The van der Waals surface area contributed by atoms with Gasteiger partial charge in [-0.3, -0.25) is 0 Å². The Morgan fingerprint density at radius 3 is 2.82 bits per heavy atom. The predicted octanol–water partition coefficient (Wildman–Crippen LogP) is 2.73. The predicted molar refractivity (Wildman–Crippen MR) is 67.2 cm³/mol. The van der Waals surface area contributed by atoms with Crippen molar-refractivity contribution >= 4 is 27.6 Å². The van der Waals surface area contributed by atoms with E-state index in [-0.39, 0.29) is 6.42 Å². The van der Waals surface area contributed by atoms with Crippen LogP contribution < -0.4 is 0 Å². The van der Waals surface area contributed by atoms with Crippen molar-refractivity contribution in [1.82, 2.24) is 0 Å². The molecule has 0 radical (unpaired) electrons. The molecule has 1 aliphatic rings. The summed E-state index contributed by atoms with van der Waals surface area (Å²) in [6, 6.07) is 5.79. The van der Waals surface area contributed by atoms with Crippen molar-refractivity contribution in [2.24, 2.45) is 5.16 Å². The van der Waals surface area contributed by atoms with Crippen LogP contribution in [0.25, 0.3) is 0 Å². The lowest BCUT2D eigenvalue weighted by atomic mass is 9.96. The topological polar surface area (TPSA) is 58.9 Å². The van der Waals surface area contributed by atoms with Crippen LogP contribution >= 0.6 is 15.9 Å². The molecule has 1 atom stereocenters. The van der Waals surface area contributed by atoms with Crippen molar-refractivity contribution in [1.29, 1.82) is 0 Å². The quantitative estimate of drug-likeness (QED) is 0.913. The van der Waals surface area contributed by atoms with Gasteiger partial charge in [0.15, 0.2) is 0 Å². The maximum Gasteiger partial charge on any atom is 0.351 e. The molecule has 0 saturated carbocycles. The Bertz CT molecular complexity index is 512. The molecule has 0 aliphatic carbocycles. The monoisotopic (exact) mass is 297 g/mol. The second-order valence-corrected chi connectivity index (χ2v) is 5.16. The zero-order valence-corrected chi connectivity index (χ0v) is 11.1. The minimum Gasteiger partial charge on any atom is -0.478 e. The summed E-state index contributed by atoms with van der Waals surface area (Å²) in [5.74, 6) is -0.998. The van der Waals surface area contributed by atoms with E-state index in [9.17, 15) is 4.79 Å². The van der Waals surface area contributed by atoms with Crippen molar-refractivity contribution in [3.8, 4) is 0 Å². The fourth-order valence-electron chi connectivity index (χ4n) is 1.58. The molecule has 1 aromatic rings. The molecule has 0 saturated heterocycles. The average Bonchev–Trinajstić information content (AvgIpc) is 2.67. The first-order valence-corrected chi connectivity index (χ1v) is 5.97. The highest BCUT2D eigenvalue weighted by Gasteiger charge is 2.42. The summed E-state index contributed by atoms with van der Waals surface area (Å²) < 4.78 is 0.974. The zero-order valence-electron chi connectivity index (χ0n) is 9.53. The summed E-state index contributed by atoms with van der Waals surface area (Å²) in [6.45, 7) is 3.51. The summed E-state index contributed by atoms with van der Waals surface area (Å²) in [5, 5.41) is 12.9. The number of hydrogen-bond acceptors (Lipinski definition) is 3. The third-order valence-corrected chi connectivity index (χ3v) is 3.67. The van der Waals surface area contributed by atoms with Gasteiger partial charge in [0.2, 0.25) is 5.60 Å². The van der Waals surface area contributed by atoms with E-state index in [0.717, 1.165) is 15.6 Å². The molecular weight excluding hydrogens is 286 g/mol. The van der Waals surface area contributed by atoms with Crippen molar-refractivity contribution in [2.45, 2.75) is 25.9 Å². The first-order chi connectivity index (χ1) is 7.92. The highest BCUT2D eigenvalue weighted by Crippen LogP contribution is 2.28. The third-order valence-electron chi connectivity index (χ3n) is 2.82. The van der Waals surface area contributed by atoms with E-state index < -0.39 is 11.6 Å². The minimum atomic E-state index is -1.24. The lowest BCUT2D eigenvalue weighted by molar-refractivity contribution is -0.160. The highest BCUT2D eigenvalue weighted by molar-refractivity contribution is 9.10. The second-order valence-electron chi connectivity index (χ2n) is 4.31. The number of rotatable bonds is 2. The van der Waals surface area contributed by atoms with Gasteiger partial charge in [-0.15, -0.1) is 0 Å². The Balaban J connectivity index is 2.26. The molecule has 0 fully saturated rings. The second kappa shape index (κ2) is 4.14. The van der Waals surface area contributed by atoms with Gasteiger partial charge in [0.05, 0.1) is 5.71 Å². The van der Waals surface area contributed by atoms with Crippen LogP contribution in [0, 0.1) is 6.92 Å². The Hall–Kier alpha value is -1.36. The van der Waals surface area contributed by atoms with Crippen molar-refractivity contribution < 1.29 is 14.7 Å². The Labute approximate surface area is 107 Å². The molecular formula is C12H12BrNO3. The molecule has 1 aromatic carbocycles. The van der Waals surface area contributed by atoms with Gasteiger partial charge < -0.3 is 9.94 Å². The number of aliphatic carboxylic acids is 1. The molecule has 0 bridgehead atoms. The van der Waals surface area contributed by atoms with E-state index in [1.807, 2.05) is 25.1 Å². The molecule has 17 heavy (non-hydrogen) atoms. The van der Waals surface area contributed by atoms with Crippen LogP contribution in [0.5, 0.6) is 0 Å². The Kier molecular flexibility index (Phi) is 2.95. The summed E-state index contributed by atoms with van der Waals surface area (Å²) in [7, 11) is 0. The van der Waals surface area contributed by atoms with Crippen LogP contribution in [0.4, 0.5) is 0 Å². The minimum absolute atomic E-state index is 0.276. The first-order valence-electron chi connectivity index (χ1n) is 5.17. The SMILES string of the molecule is Cc1ccc(C2=NOC(C)(C(=O)O)C2)cc1Br. The third kappa shape index (κ3) is 2.20. The fraction of sp³-hybridized carbons (Fsp3) is 0.333. The van der Waals surface area contributed by atoms with Crippen LogP contribution in [0.3, 0.4) is 0 Å². The lowest BCUT2D eigenvalue weighted by Gasteiger charge is -2.14. The van der Waals surface area contributed by atoms with E-state index in [4.69, 9.17) is 9.94 Å². The molecule has 0 spiro atoms. The smallest absolute Gasteiger partial charge is 0.351 e. The molecule has 1 heterocycles. The first kappa shape index (κ1) is 12.1. The summed E-state index contributed by atoms with van der Waals surface area (Å²) in [5.41, 5.74) is 1.42. The average molecular weight is 298 g/mol. The van der Waals surface area contributed by atoms with Crippen LogP contribution in [0.2, 0.25) is 0 Å². The van der Waals surface area contributed by atoms with E-state index in [0.29, 0.717) is 5.71 Å². The highest BCUT2D eigenvalue weighted by atomic mass is 79.9. The Morgan fingerprint density at radius 2 is 2.29 bits per heavy atom. The maximum atomic E-state index is 11.0. The van der Waals surface area contributed by atoms with Crippen LogP contribution in [-0.4, -0.2) is 22.4 Å². The van der Waals surface area contributed by atoms with Crippen LogP contribution in [0.15, 0.2) is 27.8 Å². The molecule has 1 unspecified atom stereocenters. The van der Waals surface area contributed by atoms with Gasteiger partial charge in [-0.2, -0.15) is 0 Å². The molecule has 4 nitrogen and oxygen atoms in total. The number of oxime groups is 1. The molecule has 0 aromatic heterocycles. The van der Waals surface area contributed by atoms with Gasteiger partial charge in [-0.05, 0) is 25.5 Å². The van der Waals surface area contributed by atoms with Gasteiger partial charge in [-0.25, -0.2) is 4.79 Å². The van der Waals surface area contributed by atoms with Crippen molar-refractivity contribution in [3.05, 3.63) is 33.8 Å². The summed E-state index contributed by atoms with van der Waals surface area (Å²) in [4.78, 5) is 16.0. The summed E-state index contributed by atoms with van der Waals surface area (Å²) >= 11 is 3.44. The number of carboxylic acid groups (broad SMARTS) is 1. The molecule has 2 rings (SSSR count). The van der Waals surface area contributed by atoms with E-state index in [1.165, 1.54) is 6.92 Å². The van der Waals surface area contributed by atoms with Gasteiger partial charge in [0, 0.05) is 16.5 Å². The normalized spacial score (nSPS) is 23.1. The molecule has 5 heteroatoms. The summed E-state index contributed by atoms with van der Waals surface area (Å²) in [6.07, 6.45) is 0.276. The Morgan fingerprint density at radius 1 is 1.59 bits per heavy atom. The fourth-order valence-corrected chi connectivity index (χ4v) is 1.96. The number of hydrogen-bond donors (Lipinski definition) is 1. The lowest BCUT2D eigenvalue weighted by Crippen LogP contribution is -2.35. The maximum absolute atomic E-state index is 11.0. The van der Waals surface area contributed by atoms with Crippen molar-refractivity contribution in [2.75, 3.05) is 0 Å². The van der Waals surface area contributed by atoms with Gasteiger partial charge in [0.25, 0.3) is 0 Å². The van der Waals surface area contributed by atoms with Gasteiger partial charge in [0.1, 0.15) is 0 Å². The number of carboxylic acids is 1. The van der Waals surface area contributed by atoms with Crippen LogP contribution in [0.1, 0.15) is 24.5 Å². The number of carbonyl (C=O) groups is 1. The van der Waals surface area contributed by atoms with Gasteiger partial charge >= 0.3 is 5.97 Å². The molecule has 1 aliphatic heterocycles. The van der Waals surface area contributed by atoms with Crippen molar-refractivity contribution in [3.63, 3.8) is 0 Å². The van der Waals surface area contributed by atoms with E-state index in [2.05, 4.69) is 21.1 Å². The zero-order chi connectivity index (χ0) is 12.6. The molecule has 1 N–H and O–H groups in total. The van der Waals surface area contributed by atoms with Crippen LogP contribution in [-0.2, 0) is 9.63 Å². The number of halogens is 1. The molecule has 90 valence electrons. The largest absolute Gasteiger partial charge is 0.478 e. The standard InChI is InChI=1S/C12H12BrNO3/c1-7-3-4-8(5-9(7)13)10-6-12(2,11(15)16)17-14-10/h3-5H,6H2,1-2H3,(H,15,16).